The van der Waals surface area contributed by atoms with Gasteiger partial charge in [-0.15, -0.1) is 0 Å². The van der Waals surface area contributed by atoms with Gasteiger partial charge in [0.15, 0.2) is 5.82 Å². The predicted molar refractivity (Wildman–Crippen MR) is 84.6 cm³/mol. The van der Waals surface area contributed by atoms with Crippen LogP contribution in [0, 0.1) is 5.92 Å². The Morgan fingerprint density at radius 3 is 2.83 bits per heavy atom. The summed E-state index contributed by atoms with van der Waals surface area (Å²) in [5.41, 5.74) is 1.33. The van der Waals surface area contributed by atoms with Gasteiger partial charge in [-0.05, 0) is 31.7 Å². The number of anilines is 1. The van der Waals surface area contributed by atoms with E-state index in [2.05, 4.69) is 4.98 Å². The molecule has 2 atom stereocenters. The van der Waals surface area contributed by atoms with E-state index in [1.54, 1.807) is 0 Å². The first-order valence-corrected chi connectivity index (χ1v) is 8.49. The number of nitrogens with zero attached hydrogens (tertiary/aromatic N) is 2. The summed E-state index contributed by atoms with van der Waals surface area (Å²) in [5, 5.41) is 8.75. The van der Waals surface area contributed by atoms with Crippen molar-refractivity contribution in [3.8, 4) is 0 Å². The van der Waals surface area contributed by atoms with Gasteiger partial charge in [-0.3, -0.25) is 20.0 Å². The van der Waals surface area contributed by atoms with E-state index in [0.29, 0.717) is 6.42 Å². The molecule has 0 spiro atoms. The van der Waals surface area contributed by atoms with Crippen molar-refractivity contribution in [1.82, 2.24) is 9.55 Å². The summed E-state index contributed by atoms with van der Waals surface area (Å²) in [4.78, 5) is 27.6. The summed E-state index contributed by atoms with van der Waals surface area (Å²) in [5.74, 6) is -0.00698. The minimum Gasteiger partial charge on any atom is -0.463 e. The molecular weight excluding hydrogens is 314 g/mol. The highest BCUT2D eigenvalue weighted by Gasteiger charge is 2.30. The van der Waals surface area contributed by atoms with E-state index < -0.39 is 11.9 Å². The molecule has 2 aliphatic rings. The number of aromatic nitrogens is 2. The summed E-state index contributed by atoms with van der Waals surface area (Å²) >= 11 is 0. The number of nitrogens with one attached hydrogen (secondary N) is 1. The van der Waals surface area contributed by atoms with Gasteiger partial charge in [0.05, 0.1) is 12.0 Å². The summed E-state index contributed by atoms with van der Waals surface area (Å²) < 4.78 is 12.6. The van der Waals surface area contributed by atoms with Crippen LogP contribution in [-0.4, -0.2) is 33.4 Å². The zero-order valence-corrected chi connectivity index (χ0v) is 13.5. The van der Waals surface area contributed by atoms with E-state index in [1.165, 1.54) is 23.3 Å². The van der Waals surface area contributed by atoms with Gasteiger partial charge in [-0.1, -0.05) is 19.3 Å². The molecule has 0 aromatic carbocycles. The lowest BCUT2D eigenvalue weighted by Gasteiger charge is -2.21. The zero-order valence-electron chi connectivity index (χ0n) is 13.5. The average molecular weight is 337 g/mol. The lowest BCUT2D eigenvalue weighted by molar-refractivity contribution is -0.154. The van der Waals surface area contributed by atoms with Crippen LogP contribution >= 0.6 is 0 Å². The zero-order chi connectivity index (χ0) is 16.9. The van der Waals surface area contributed by atoms with Gasteiger partial charge in [0.2, 0.25) is 0 Å². The Morgan fingerprint density at radius 2 is 2.12 bits per heavy atom. The fraction of sp³-hybridized carbons (Fsp3) is 0.688. The Labute approximate surface area is 139 Å². The molecular formula is C16H23N3O5. The fourth-order valence-corrected chi connectivity index (χ4v) is 3.34. The molecule has 132 valence electrons. The first kappa shape index (κ1) is 16.9. The van der Waals surface area contributed by atoms with Gasteiger partial charge in [0.1, 0.15) is 12.8 Å². The molecule has 2 fully saturated rings. The molecule has 8 nitrogen and oxygen atoms in total. The summed E-state index contributed by atoms with van der Waals surface area (Å²) in [6, 6.07) is 1.49. The first-order valence-electron chi connectivity index (χ1n) is 8.49. The first-order chi connectivity index (χ1) is 11.7. The number of ether oxygens (including phenoxy) is 2. The van der Waals surface area contributed by atoms with Gasteiger partial charge in [0, 0.05) is 6.20 Å². The molecule has 2 N–H and O–H groups in total. The third-order valence-corrected chi connectivity index (χ3v) is 4.69. The summed E-state index contributed by atoms with van der Waals surface area (Å²) in [6.45, 7) is 0.226. The summed E-state index contributed by atoms with van der Waals surface area (Å²) in [6.07, 6.45) is 7.49. The van der Waals surface area contributed by atoms with Crippen molar-refractivity contribution in [3.63, 3.8) is 0 Å². The van der Waals surface area contributed by atoms with Crippen molar-refractivity contribution in [2.75, 3.05) is 12.1 Å². The molecule has 8 heteroatoms. The molecule has 2 heterocycles. The molecule has 0 unspecified atom stereocenters. The molecule has 1 aliphatic carbocycles. The lowest BCUT2D eigenvalue weighted by Crippen LogP contribution is -2.28. The van der Waals surface area contributed by atoms with Gasteiger partial charge in [-0.25, -0.2) is 4.79 Å². The number of hydrogen-bond acceptors (Lipinski definition) is 7. The third kappa shape index (κ3) is 3.93. The highest BCUT2D eigenvalue weighted by molar-refractivity contribution is 5.72. The average Bonchev–Trinajstić information content (AvgIpc) is 3.09. The number of esters is 1. The van der Waals surface area contributed by atoms with Crippen LogP contribution < -0.4 is 11.2 Å². The fourth-order valence-electron chi connectivity index (χ4n) is 3.34. The highest BCUT2D eigenvalue weighted by atomic mass is 16.6. The normalized spacial score (nSPS) is 24.7. The van der Waals surface area contributed by atoms with Crippen LogP contribution in [0.2, 0.25) is 0 Å². The quantitative estimate of drug-likeness (QED) is 0.624. The monoisotopic (exact) mass is 337 g/mol. The SMILES string of the molecule is O=C(OC[C@@H]1CC[C@H](n2ccc(NO)nc2=O)O1)C1CCCCC1. The second-order valence-corrected chi connectivity index (χ2v) is 6.37. The maximum Gasteiger partial charge on any atom is 0.351 e. The third-order valence-electron chi connectivity index (χ3n) is 4.69. The topological polar surface area (TPSA) is 103 Å². The second kappa shape index (κ2) is 7.76. The van der Waals surface area contributed by atoms with E-state index in [4.69, 9.17) is 14.7 Å². The van der Waals surface area contributed by atoms with E-state index >= 15 is 0 Å². The molecule has 1 saturated carbocycles. The molecule has 0 amide bonds. The highest BCUT2D eigenvalue weighted by Crippen LogP contribution is 2.28. The molecule has 0 bridgehead atoms. The molecule has 1 saturated heterocycles. The molecule has 3 rings (SSSR count). The smallest absolute Gasteiger partial charge is 0.351 e. The number of rotatable bonds is 5. The Bertz CT molecular complexity index is 626. The largest absolute Gasteiger partial charge is 0.463 e. The minimum absolute atomic E-state index is 0.0290. The van der Waals surface area contributed by atoms with Crippen molar-refractivity contribution in [2.45, 2.75) is 57.3 Å². The molecule has 1 aromatic heterocycles. The van der Waals surface area contributed by atoms with Crippen LogP contribution in [0.1, 0.15) is 51.2 Å². The van der Waals surface area contributed by atoms with Crippen LogP contribution in [0.4, 0.5) is 5.82 Å². The van der Waals surface area contributed by atoms with Crippen LogP contribution in [0.25, 0.3) is 0 Å². The van der Waals surface area contributed by atoms with E-state index in [0.717, 1.165) is 32.1 Å². The van der Waals surface area contributed by atoms with Gasteiger partial charge >= 0.3 is 11.7 Å². The Morgan fingerprint density at radius 1 is 1.33 bits per heavy atom. The van der Waals surface area contributed by atoms with Crippen molar-refractivity contribution in [3.05, 3.63) is 22.7 Å². The lowest BCUT2D eigenvalue weighted by atomic mass is 9.89. The van der Waals surface area contributed by atoms with Gasteiger partial charge in [0.25, 0.3) is 0 Å². The maximum atomic E-state index is 12.1. The van der Waals surface area contributed by atoms with E-state index in [-0.39, 0.29) is 30.4 Å². The molecule has 24 heavy (non-hydrogen) atoms. The maximum absolute atomic E-state index is 12.1. The van der Waals surface area contributed by atoms with Crippen molar-refractivity contribution >= 4 is 11.8 Å². The standard InChI is InChI=1S/C16H23N3O5/c20-15(11-4-2-1-3-5-11)23-10-12-6-7-14(24-12)19-9-8-13(18-22)17-16(19)21/h8-9,11-12,14,22H,1-7,10H2,(H,17,18,21)/t12-,14+/m0/s1. The Balaban J connectivity index is 1.50. The minimum atomic E-state index is -0.501. The van der Waals surface area contributed by atoms with Crippen molar-refractivity contribution < 1.29 is 19.5 Å². The molecule has 1 aliphatic heterocycles. The second-order valence-electron chi connectivity index (χ2n) is 6.37. The predicted octanol–water partition coefficient (Wildman–Crippen LogP) is 1.85. The number of carbonyl (C=O) groups excluding carboxylic acids is 1. The number of hydrogen-bond donors (Lipinski definition) is 2. The van der Waals surface area contributed by atoms with Crippen LogP contribution in [0.5, 0.6) is 0 Å². The molecule has 0 radical (unpaired) electrons. The van der Waals surface area contributed by atoms with E-state index in [1.807, 2.05) is 5.48 Å². The van der Waals surface area contributed by atoms with Crippen LogP contribution in [0.15, 0.2) is 17.1 Å². The number of carbonyl (C=O) groups is 1. The Kier molecular flexibility index (Phi) is 5.47. The van der Waals surface area contributed by atoms with E-state index in [9.17, 15) is 9.59 Å². The van der Waals surface area contributed by atoms with Crippen molar-refractivity contribution in [2.24, 2.45) is 5.92 Å². The Hall–Kier alpha value is -1.93. The van der Waals surface area contributed by atoms with Crippen molar-refractivity contribution in [1.29, 1.82) is 0 Å². The van der Waals surface area contributed by atoms with Gasteiger partial charge < -0.3 is 9.47 Å². The van der Waals surface area contributed by atoms with Crippen LogP contribution in [0.3, 0.4) is 0 Å². The van der Waals surface area contributed by atoms with Gasteiger partial charge in [-0.2, -0.15) is 4.98 Å². The molecule has 1 aromatic rings. The van der Waals surface area contributed by atoms with Crippen LogP contribution in [-0.2, 0) is 14.3 Å². The summed E-state index contributed by atoms with van der Waals surface area (Å²) in [7, 11) is 0.